The van der Waals surface area contributed by atoms with Gasteiger partial charge < -0.3 is 10.6 Å². The van der Waals surface area contributed by atoms with Crippen LogP contribution >= 0.6 is 0 Å². The largest absolute Gasteiger partial charge is 0.418 e. The molecule has 0 spiro atoms. The van der Waals surface area contributed by atoms with E-state index < -0.39 is 35.6 Å². The van der Waals surface area contributed by atoms with E-state index in [9.17, 15) is 27.6 Å². The van der Waals surface area contributed by atoms with Crippen LogP contribution in [0.4, 0.5) is 23.7 Å². The van der Waals surface area contributed by atoms with Gasteiger partial charge in [-0.15, -0.1) is 0 Å². The number of amides is 4. The molecule has 1 rings (SSSR count). The number of anilines is 1. The zero-order valence-electron chi connectivity index (χ0n) is 14.6. The molecule has 7 nitrogen and oxygen atoms in total. The van der Waals surface area contributed by atoms with Gasteiger partial charge in [0.2, 0.25) is 11.8 Å². The molecule has 26 heavy (non-hydrogen) atoms. The maximum Gasteiger partial charge on any atom is 0.418 e. The molecule has 144 valence electrons. The first kappa shape index (κ1) is 21.4. The Kier molecular flexibility index (Phi) is 7.56. The summed E-state index contributed by atoms with van der Waals surface area (Å²) in [7, 11) is 1.44. The Bertz CT molecular complexity index is 664. The Morgan fingerprint density at radius 1 is 1.19 bits per heavy atom. The van der Waals surface area contributed by atoms with Gasteiger partial charge in [-0.3, -0.25) is 19.8 Å². The predicted molar refractivity (Wildman–Crippen MR) is 89.4 cm³/mol. The number of carbonyl (C=O) groups is 3. The van der Waals surface area contributed by atoms with E-state index in [2.05, 4.69) is 16.0 Å². The molecule has 0 aliphatic carbocycles. The van der Waals surface area contributed by atoms with Crippen LogP contribution in [0.1, 0.15) is 19.4 Å². The molecule has 0 heterocycles. The van der Waals surface area contributed by atoms with Gasteiger partial charge in [-0.05, 0) is 33.0 Å². The minimum Gasteiger partial charge on any atom is -0.338 e. The first-order chi connectivity index (χ1) is 12.1. The van der Waals surface area contributed by atoms with Crippen LogP contribution in [0, 0.1) is 0 Å². The summed E-state index contributed by atoms with van der Waals surface area (Å²) in [6.07, 6.45) is -4.60. The van der Waals surface area contributed by atoms with Crippen molar-refractivity contribution in [3.63, 3.8) is 0 Å². The number of rotatable bonds is 6. The van der Waals surface area contributed by atoms with Gasteiger partial charge in [-0.1, -0.05) is 12.1 Å². The van der Waals surface area contributed by atoms with Crippen LogP contribution in [-0.2, 0) is 15.8 Å². The third kappa shape index (κ3) is 6.36. The van der Waals surface area contributed by atoms with E-state index in [1.807, 2.05) is 0 Å². The summed E-state index contributed by atoms with van der Waals surface area (Å²) in [5, 5.41) is 6.68. The average Bonchev–Trinajstić information content (AvgIpc) is 2.53. The van der Waals surface area contributed by atoms with Crippen molar-refractivity contribution in [2.75, 3.05) is 25.5 Å². The zero-order valence-corrected chi connectivity index (χ0v) is 14.6. The van der Waals surface area contributed by atoms with Gasteiger partial charge >= 0.3 is 12.2 Å². The van der Waals surface area contributed by atoms with E-state index in [-0.39, 0.29) is 12.2 Å². The Balaban J connectivity index is 2.68. The molecule has 0 bridgehead atoms. The molecule has 1 aromatic carbocycles. The molecule has 4 amide bonds. The molecule has 0 saturated carbocycles. The lowest BCUT2D eigenvalue weighted by atomic mass is 10.1. The highest BCUT2D eigenvalue weighted by atomic mass is 19.4. The number of nitrogens with one attached hydrogen (secondary N) is 3. The maximum atomic E-state index is 12.9. The maximum absolute atomic E-state index is 12.9. The Labute approximate surface area is 148 Å². The summed E-state index contributed by atoms with van der Waals surface area (Å²) >= 11 is 0. The number of halogens is 3. The number of nitrogens with zero attached hydrogens (tertiary/aromatic N) is 1. The fourth-order valence-corrected chi connectivity index (χ4v) is 2.01. The molecular formula is C16H21F3N4O3. The van der Waals surface area contributed by atoms with Gasteiger partial charge in [0, 0.05) is 6.54 Å². The number of hydrogen-bond donors (Lipinski definition) is 3. The van der Waals surface area contributed by atoms with Crippen molar-refractivity contribution in [2.24, 2.45) is 0 Å². The third-order valence-corrected chi connectivity index (χ3v) is 3.51. The quantitative estimate of drug-likeness (QED) is 0.708. The number of para-hydroxylation sites is 1. The molecule has 0 unspecified atom stereocenters. The van der Waals surface area contributed by atoms with Crippen molar-refractivity contribution in [3.05, 3.63) is 29.8 Å². The lowest BCUT2D eigenvalue weighted by molar-refractivity contribution is -0.137. The van der Waals surface area contributed by atoms with E-state index in [0.29, 0.717) is 6.54 Å². The second kappa shape index (κ2) is 9.18. The number of urea groups is 1. The van der Waals surface area contributed by atoms with Crippen LogP contribution in [0.15, 0.2) is 24.3 Å². The Morgan fingerprint density at radius 2 is 1.81 bits per heavy atom. The normalized spacial score (nSPS) is 12.4. The van der Waals surface area contributed by atoms with Crippen molar-refractivity contribution in [3.8, 4) is 0 Å². The molecule has 0 aliphatic rings. The highest BCUT2D eigenvalue weighted by molar-refractivity contribution is 5.97. The molecule has 3 N–H and O–H groups in total. The average molecular weight is 374 g/mol. The molecule has 1 atom stereocenters. The molecule has 0 aromatic heterocycles. The van der Waals surface area contributed by atoms with Crippen LogP contribution in [-0.4, -0.2) is 48.9 Å². The van der Waals surface area contributed by atoms with Crippen molar-refractivity contribution in [1.82, 2.24) is 15.5 Å². The van der Waals surface area contributed by atoms with Crippen LogP contribution < -0.4 is 16.0 Å². The number of benzene rings is 1. The summed E-state index contributed by atoms with van der Waals surface area (Å²) < 4.78 is 38.8. The Morgan fingerprint density at radius 3 is 2.38 bits per heavy atom. The van der Waals surface area contributed by atoms with Crippen molar-refractivity contribution >= 4 is 23.5 Å². The van der Waals surface area contributed by atoms with Gasteiger partial charge in [0.15, 0.2) is 0 Å². The molecule has 0 fully saturated rings. The standard InChI is InChI=1S/C16H21F3N4O3/c1-4-20-15(26)22-14(25)10(2)23(3)9-13(24)21-12-8-6-5-7-11(12)16(17,18)19/h5-8,10H,4,9H2,1-3H3,(H,21,24)(H2,20,22,25,26)/t10-/m1/s1. The van der Waals surface area contributed by atoms with Gasteiger partial charge in [0.1, 0.15) is 0 Å². The minimum atomic E-state index is -4.60. The van der Waals surface area contributed by atoms with Crippen molar-refractivity contribution in [1.29, 1.82) is 0 Å². The summed E-state index contributed by atoms with van der Waals surface area (Å²) in [5.74, 6) is -1.36. The summed E-state index contributed by atoms with van der Waals surface area (Å²) in [6.45, 7) is 3.15. The highest BCUT2D eigenvalue weighted by Crippen LogP contribution is 2.34. The lowest BCUT2D eigenvalue weighted by Crippen LogP contribution is -2.50. The number of carbonyl (C=O) groups excluding carboxylic acids is 3. The molecule has 0 saturated heterocycles. The second-order valence-electron chi connectivity index (χ2n) is 5.53. The van der Waals surface area contributed by atoms with E-state index in [4.69, 9.17) is 0 Å². The van der Waals surface area contributed by atoms with E-state index in [1.54, 1.807) is 6.92 Å². The fourth-order valence-electron chi connectivity index (χ4n) is 2.01. The number of imide groups is 1. The SMILES string of the molecule is CCNC(=O)NC(=O)[C@@H](C)N(C)CC(=O)Nc1ccccc1C(F)(F)F. The van der Waals surface area contributed by atoms with Gasteiger partial charge in [0.25, 0.3) is 0 Å². The van der Waals surface area contributed by atoms with Crippen LogP contribution in [0.25, 0.3) is 0 Å². The smallest absolute Gasteiger partial charge is 0.338 e. The monoisotopic (exact) mass is 374 g/mol. The number of likely N-dealkylation sites (N-methyl/N-ethyl adjacent to an activating group) is 1. The van der Waals surface area contributed by atoms with Crippen molar-refractivity contribution in [2.45, 2.75) is 26.1 Å². The van der Waals surface area contributed by atoms with Crippen LogP contribution in [0.5, 0.6) is 0 Å². The first-order valence-electron chi connectivity index (χ1n) is 7.81. The van der Waals surface area contributed by atoms with E-state index in [1.165, 1.54) is 31.0 Å². The first-order valence-corrected chi connectivity index (χ1v) is 7.81. The van der Waals surface area contributed by atoms with Gasteiger partial charge in [-0.25, -0.2) is 4.79 Å². The van der Waals surface area contributed by atoms with E-state index >= 15 is 0 Å². The summed E-state index contributed by atoms with van der Waals surface area (Å²) in [5.41, 5.74) is -1.32. The summed E-state index contributed by atoms with van der Waals surface area (Å²) in [6, 6.07) is 3.09. The minimum absolute atomic E-state index is 0.337. The van der Waals surface area contributed by atoms with Crippen LogP contribution in [0.2, 0.25) is 0 Å². The zero-order chi connectivity index (χ0) is 19.9. The fraction of sp³-hybridized carbons (Fsp3) is 0.438. The highest BCUT2D eigenvalue weighted by Gasteiger charge is 2.33. The van der Waals surface area contributed by atoms with Crippen LogP contribution in [0.3, 0.4) is 0 Å². The molecule has 0 aliphatic heterocycles. The summed E-state index contributed by atoms with van der Waals surface area (Å²) in [4.78, 5) is 36.6. The van der Waals surface area contributed by atoms with E-state index in [0.717, 1.165) is 12.1 Å². The number of alkyl halides is 3. The van der Waals surface area contributed by atoms with Gasteiger partial charge in [0.05, 0.1) is 23.8 Å². The van der Waals surface area contributed by atoms with Gasteiger partial charge in [-0.2, -0.15) is 13.2 Å². The lowest BCUT2D eigenvalue weighted by Gasteiger charge is -2.23. The van der Waals surface area contributed by atoms with Crippen molar-refractivity contribution < 1.29 is 27.6 Å². The third-order valence-electron chi connectivity index (χ3n) is 3.51. The topological polar surface area (TPSA) is 90.5 Å². The molecular weight excluding hydrogens is 353 g/mol. The molecule has 1 aromatic rings. The predicted octanol–water partition coefficient (Wildman–Crippen LogP) is 1.81. The molecule has 0 radical (unpaired) electrons. The Hall–Kier alpha value is -2.62. The molecule has 10 heteroatoms. The second-order valence-corrected chi connectivity index (χ2v) is 5.53. The number of hydrogen-bond acceptors (Lipinski definition) is 4.